The van der Waals surface area contributed by atoms with E-state index in [9.17, 15) is 4.79 Å². The first-order valence-corrected chi connectivity index (χ1v) is 7.09. The van der Waals surface area contributed by atoms with Crippen molar-refractivity contribution in [3.63, 3.8) is 0 Å². The number of H-pyrrole nitrogens is 1. The molecule has 2 N–H and O–H groups in total. The Hall–Kier alpha value is -2.30. The van der Waals surface area contributed by atoms with Crippen LogP contribution in [-0.4, -0.2) is 29.0 Å². The van der Waals surface area contributed by atoms with Crippen LogP contribution in [0.1, 0.15) is 23.2 Å². The molecular formula is C16H21N3O2. The van der Waals surface area contributed by atoms with Gasteiger partial charge in [0.1, 0.15) is 5.75 Å². The molecule has 0 aliphatic heterocycles. The van der Waals surface area contributed by atoms with Gasteiger partial charge in [0, 0.05) is 24.9 Å². The number of nitrogens with one attached hydrogen (secondary N) is 2. The minimum absolute atomic E-state index is 0.00153. The number of rotatable bonds is 7. The molecule has 1 amide bonds. The number of aromatic nitrogens is 2. The van der Waals surface area contributed by atoms with Crippen molar-refractivity contribution in [3.05, 3.63) is 47.5 Å². The van der Waals surface area contributed by atoms with Gasteiger partial charge >= 0.3 is 0 Å². The third-order valence-electron chi connectivity index (χ3n) is 3.35. The van der Waals surface area contributed by atoms with Gasteiger partial charge in [0.05, 0.1) is 19.4 Å². The molecule has 0 spiro atoms. The summed E-state index contributed by atoms with van der Waals surface area (Å²) in [5.41, 5.74) is 3.44. The fraction of sp³-hybridized carbons (Fsp3) is 0.375. The van der Waals surface area contributed by atoms with Gasteiger partial charge in [0.2, 0.25) is 5.91 Å². The summed E-state index contributed by atoms with van der Waals surface area (Å²) in [7, 11) is 0. The molecule has 0 aliphatic rings. The van der Waals surface area contributed by atoms with Crippen molar-refractivity contribution in [3.8, 4) is 5.75 Å². The highest BCUT2D eigenvalue weighted by molar-refractivity contribution is 5.75. The van der Waals surface area contributed by atoms with Crippen LogP contribution in [0.25, 0.3) is 0 Å². The number of hydrogen-bond donors (Lipinski definition) is 2. The third-order valence-corrected chi connectivity index (χ3v) is 3.35. The first kappa shape index (κ1) is 15.1. The van der Waals surface area contributed by atoms with Gasteiger partial charge in [-0.25, -0.2) is 4.98 Å². The lowest BCUT2D eigenvalue weighted by Crippen LogP contribution is -2.27. The van der Waals surface area contributed by atoms with E-state index in [1.165, 1.54) is 11.1 Å². The van der Waals surface area contributed by atoms with Crippen LogP contribution in [0.15, 0.2) is 30.7 Å². The molecule has 0 saturated carbocycles. The van der Waals surface area contributed by atoms with Crippen LogP contribution in [0.4, 0.5) is 0 Å². The Balaban J connectivity index is 1.63. The first-order valence-electron chi connectivity index (χ1n) is 7.09. The third kappa shape index (κ3) is 4.95. The van der Waals surface area contributed by atoms with E-state index in [1.54, 1.807) is 12.5 Å². The Morgan fingerprint density at radius 3 is 2.90 bits per heavy atom. The van der Waals surface area contributed by atoms with Crippen LogP contribution in [0.3, 0.4) is 0 Å². The lowest BCUT2D eigenvalue weighted by Gasteiger charge is -2.08. The molecule has 1 aromatic heterocycles. The number of imidazole rings is 1. The SMILES string of the molecule is Cc1ccc(OCCC(=O)NCCc2cnc[nH]2)cc1C. The summed E-state index contributed by atoms with van der Waals surface area (Å²) in [5.74, 6) is 0.807. The van der Waals surface area contributed by atoms with E-state index in [1.807, 2.05) is 25.1 Å². The fourth-order valence-electron chi connectivity index (χ4n) is 1.91. The Kier molecular flexibility index (Phi) is 5.37. The smallest absolute Gasteiger partial charge is 0.223 e. The van der Waals surface area contributed by atoms with Crippen LogP contribution in [0.2, 0.25) is 0 Å². The molecule has 112 valence electrons. The van der Waals surface area contributed by atoms with Crippen LogP contribution in [-0.2, 0) is 11.2 Å². The molecule has 1 aromatic carbocycles. The zero-order chi connectivity index (χ0) is 15.1. The van der Waals surface area contributed by atoms with E-state index in [4.69, 9.17) is 4.74 Å². The normalized spacial score (nSPS) is 10.4. The van der Waals surface area contributed by atoms with E-state index >= 15 is 0 Å². The lowest BCUT2D eigenvalue weighted by molar-refractivity contribution is -0.121. The highest BCUT2D eigenvalue weighted by Crippen LogP contribution is 2.16. The van der Waals surface area contributed by atoms with E-state index in [2.05, 4.69) is 22.2 Å². The average Bonchev–Trinajstić information content (AvgIpc) is 2.96. The van der Waals surface area contributed by atoms with Gasteiger partial charge in [0.25, 0.3) is 0 Å². The molecule has 0 radical (unpaired) electrons. The molecule has 0 aliphatic carbocycles. The number of aryl methyl sites for hydroxylation is 2. The second-order valence-corrected chi connectivity index (χ2v) is 5.02. The molecule has 1 heterocycles. The molecule has 0 unspecified atom stereocenters. The largest absolute Gasteiger partial charge is 0.493 e. The standard InChI is InChI=1S/C16H21N3O2/c1-12-3-4-15(9-13(12)2)21-8-6-16(20)18-7-5-14-10-17-11-19-14/h3-4,9-11H,5-8H2,1-2H3,(H,17,19)(H,18,20). The highest BCUT2D eigenvalue weighted by atomic mass is 16.5. The van der Waals surface area contributed by atoms with E-state index in [0.29, 0.717) is 19.6 Å². The summed E-state index contributed by atoms with van der Waals surface area (Å²) in [6.45, 7) is 5.10. The number of aromatic amines is 1. The summed E-state index contributed by atoms with van der Waals surface area (Å²) < 4.78 is 5.59. The molecule has 0 bridgehead atoms. The average molecular weight is 287 g/mol. The maximum Gasteiger partial charge on any atom is 0.223 e. The molecule has 0 atom stereocenters. The summed E-state index contributed by atoms with van der Waals surface area (Å²) in [5, 5.41) is 2.86. The van der Waals surface area contributed by atoms with Crippen molar-refractivity contribution in [2.24, 2.45) is 0 Å². The molecular weight excluding hydrogens is 266 g/mol. The van der Waals surface area contributed by atoms with E-state index in [0.717, 1.165) is 17.9 Å². The van der Waals surface area contributed by atoms with Crippen LogP contribution < -0.4 is 10.1 Å². The van der Waals surface area contributed by atoms with E-state index in [-0.39, 0.29) is 5.91 Å². The summed E-state index contributed by atoms with van der Waals surface area (Å²) in [4.78, 5) is 18.6. The quantitative estimate of drug-likeness (QED) is 0.820. The van der Waals surface area contributed by atoms with Crippen LogP contribution in [0.5, 0.6) is 5.75 Å². The Morgan fingerprint density at radius 1 is 1.33 bits per heavy atom. The predicted octanol–water partition coefficient (Wildman–Crippen LogP) is 2.15. The van der Waals surface area contributed by atoms with Crippen molar-refractivity contribution in [2.75, 3.05) is 13.2 Å². The van der Waals surface area contributed by atoms with Gasteiger partial charge in [-0.2, -0.15) is 0 Å². The van der Waals surface area contributed by atoms with Gasteiger partial charge < -0.3 is 15.0 Å². The van der Waals surface area contributed by atoms with Gasteiger partial charge in [-0.05, 0) is 37.1 Å². The molecule has 2 rings (SSSR count). The van der Waals surface area contributed by atoms with Crippen molar-refractivity contribution >= 4 is 5.91 Å². The zero-order valence-corrected chi connectivity index (χ0v) is 12.5. The minimum atomic E-state index is -0.00153. The van der Waals surface area contributed by atoms with Crippen molar-refractivity contribution in [1.82, 2.24) is 15.3 Å². The fourth-order valence-corrected chi connectivity index (χ4v) is 1.91. The van der Waals surface area contributed by atoms with Crippen molar-refractivity contribution in [2.45, 2.75) is 26.7 Å². The maximum atomic E-state index is 11.7. The summed E-state index contributed by atoms with van der Waals surface area (Å²) >= 11 is 0. The molecule has 5 nitrogen and oxygen atoms in total. The second-order valence-electron chi connectivity index (χ2n) is 5.02. The van der Waals surface area contributed by atoms with Crippen LogP contribution >= 0.6 is 0 Å². The predicted molar refractivity (Wildman–Crippen MR) is 81.3 cm³/mol. The summed E-state index contributed by atoms with van der Waals surface area (Å²) in [6, 6.07) is 5.94. The molecule has 0 saturated heterocycles. The van der Waals surface area contributed by atoms with Crippen molar-refractivity contribution in [1.29, 1.82) is 0 Å². The number of carbonyl (C=O) groups is 1. The number of amides is 1. The minimum Gasteiger partial charge on any atom is -0.493 e. The first-order chi connectivity index (χ1) is 10.1. The zero-order valence-electron chi connectivity index (χ0n) is 12.5. The monoisotopic (exact) mass is 287 g/mol. The van der Waals surface area contributed by atoms with Crippen molar-refractivity contribution < 1.29 is 9.53 Å². The van der Waals surface area contributed by atoms with Gasteiger partial charge in [-0.15, -0.1) is 0 Å². The Morgan fingerprint density at radius 2 is 2.19 bits per heavy atom. The molecule has 5 heteroatoms. The van der Waals surface area contributed by atoms with Gasteiger partial charge in [0.15, 0.2) is 0 Å². The number of nitrogens with zero attached hydrogens (tertiary/aromatic N) is 1. The molecule has 2 aromatic rings. The van der Waals surface area contributed by atoms with Crippen LogP contribution in [0, 0.1) is 13.8 Å². The second kappa shape index (κ2) is 7.47. The number of carbonyl (C=O) groups excluding carboxylic acids is 1. The topological polar surface area (TPSA) is 67.0 Å². The summed E-state index contributed by atoms with van der Waals surface area (Å²) in [6.07, 6.45) is 4.50. The maximum absolute atomic E-state index is 11.7. The Bertz CT molecular complexity index is 579. The Labute approximate surface area is 124 Å². The highest BCUT2D eigenvalue weighted by Gasteiger charge is 2.03. The van der Waals surface area contributed by atoms with Gasteiger partial charge in [-0.1, -0.05) is 6.07 Å². The number of benzene rings is 1. The number of ether oxygens (including phenoxy) is 1. The van der Waals surface area contributed by atoms with E-state index < -0.39 is 0 Å². The number of hydrogen-bond acceptors (Lipinski definition) is 3. The lowest BCUT2D eigenvalue weighted by atomic mass is 10.1. The molecule has 21 heavy (non-hydrogen) atoms. The molecule has 0 fully saturated rings. The van der Waals surface area contributed by atoms with Gasteiger partial charge in [-0.3, -0.25) is 4.79 Å².